The lowest BCUT2D eigenvalue weighted by Gasteiger charge is -2.01. The second kappa shape index (κ2) is 3.99. The molecule has 64 valence electrons. The van der Waals surface area contributed by atoms with Gasteiger partial charge in [-0.2, -0.15) is 10.5 Å². The lowest BCUT2D eigenvalue weighted by atomic mass is 10.2. The summed E-state index contributed by atoms with van der Waals surface area (Å²) in [6.45, 7) is 0. The predicted octanol–water partition coefficient (Wildman–Crippen LogP) is 1.68. The number of furan rings is 1. The van der Waals surface area contributed by atoms with Gasteiger partial charge in [-0.05, 0) is 6.07 Å². The minimum absolute atomic E-state index is 0.0658. The summed E-state index contributed by atoms with van der Waals surface area (Å²) in [4.78, 5) is 0. The predicted molar refractivity (Wildman–Crippen MR) is 43.9 cm³/mol. The topological polar surface area (TPSA) is 69.9 Å². The summed E-state index contributed by atoms with van der Waals surface area (Å²) in [5.74, 6) is 0.235. The summed E-state index contributed by atoms with van der Waals surface area (Å²) in [5, 5.41) is 17.2. The number of methoxy groups -OCH3 is 1. The van der Waals surface area contributed by atoms with E-state index in [2.05, 4.69) is 0 Å². The number of hydrogen-bond acceptors (Lipinski definition) is 4. The van der Waals surface area contributed by atoms with Crippen molar-refractivity contribution in [3.63, 3.8) is 0 Å². The van der Waals surface area contributed by atoms with Crippen molar-refractivity contribution in [3.05, 3.63) is 29.7 Å². The number of allylic oxidation sites excluding steroid dienone is 1. The molecule has 0 N–H and O–H groups in total. The fourth-order valence-electron chi connectivity index (χ4n) is 0.884. The second-order valence-corrected chi connectivity index (χ2v) is 2.14. The summed E-state index contributed by atoms with van der Waals surface area (Å²) in [6.07, 6.45) is 2.86. The van der Waals surface area contributed by atoms with Crippen LogP contribution < -0.4 is 0 Å². The van der Waals surface area contributed by atoms with Gasteiger partial charge in [-0.25, -0.2) is 0 Å². The molecule has 4 nitrogen and oxygen atoms in total. The zero-order valence-corrected chi connectivity index (χ0v) is 6.94. The van der Waals surface area contributed by atoms with Gasteiger partial charge in [-0.1, -0.05) is 0 Å². The standard InChI is InChI=1S/C9H6N2O2/c1-12-9(8(4-10)5-11)7-2-3-13-6-7/h2-3,6H,1H3. The van der Waals surface area contributed by atoms with Crippen LogP contribution in [0.2, 0.25) is 0 Å². The highest BCUT2D eigenvalue weighted by atomic mass is 16.5. The van der Waals surface area contributed by atoms with Crippen LogP contribution in [-0.2, 0) is 4.74 Å². The monoisotopic (exact) mass is 174 g/mol. The molecule has 13 heavy (non-hydrogen) atoms. The summed E-state index contributed by atoms with van der Waals surface area (Å²) in [7, 11) is 1.40. The highest BCUT2D eigenvalue weighted by Gasteiger charge is 2.09. The first kappa shape index (κ1) is 8.89. The minimum atomic E-state index is -0.0658. The highest BCUT2D eigenvalue weighted by molar-refractivity contribution is 5.69. The van der Waals surface area contributed by atoms with E-state index in [0.717, 1.165) is 0 Å². The number of nitriles is 2. The normalized spacial score (nSPS) is 8.23. The molecule has 1 rings (SSSR count). The molecule has 1 aromatic heterocycles. The average Bonchev–Trinajstić information content (AvgIpc) is 2.66. The fraction of sp³-hybridized carbons (Fsp3) is 0.111. The maximum atomic E-state index is 8.59. The lowest BCUT2D eigenvalue weighted by molar-refractivity contribution is 0.368. The van der Waals surface area contributed by atoms with Crippen molar-refractivity contribution in [2.24, 2.45) is 0 Å². The Bertz CT molecular complexity index is 374. The third-order valence-corrected chi connectivity index (χ3v) is 1.44. The van der Waals surface area contributed by atoms with Crippen LogP contribution in [0.1, 0.15) is 5.56 Å². The Morgan fingerprint density at radius 3 is 2.54 bits per heavy atom. The van der Waals surface area contributed by atoms with E-state index in [1.165, 1.54) is 19.6 Å². The molecule has 0 spiro atoms. The van der Waals surface area contributed by atoms with E-state index in [1.54, 1.807) is 18.2 Å². The molecule has 0 saturated heterocycles. The van der Waals surface area contributed by atoms with Crippen molar-refractivity contribution in [3.8, 4) is 12.1 Å². The first-order valence-corrected chi connectivity index (χ1v) is 3.44. The maximum Gasteiger partial charge on any atom is 0.172 e. The SMILES string of the molecule is COC(=C(C#N)C#N)c1ccoc1. The van der Waals surface area contributed by atoms with E-state index in [0.29, 0.717) is 5.56 Å². The van der Waals surface area contributed by atoms with Crippen molar-refractivity contribution in [1.29, 1.82) is 10.5 Å². The molecule has 0 radical (unpaired) electrons. The van der Waals surface area contributed by atoms with E-state index in [-0.39, 0.29) is 11.3 Å². The molecule has 1 heterocycles. The Morgan fingerprint density at radius 1 is 1.46 bits per heavy atom. The van der Waals surface area contributed by atoms with Crippen LogP contribution in [0.25, 0.3) is 5.76 Å². The smallest absolute Gasteiger partial charge is 0.172 e. The Hall–Kier alpha value is -2.20. The van der Waals surface area contributed by atoms with E-state index in [9.17, 15) is 0 Å². The number of rotatable bonds is 2. The highest BCUT2D eigenvalue weighted by Crippen LogP contribution is 2.18. The number of nitrogens with zero attached hydrogens (tertiary/aromatic N) is 2. The first-order valence-electron chi connectivity index (χ1n) is 3.44. The maximum absolute atomic E-state index is 8.59. The first-order chi connectivity index (χ1) is 6.33. The molecule has 0 aromatic carbocycles. The van der Waals surface area contributed by atoms with Crippen molar-refractivity contribution < 1.29 is 9.15 Å². The molecule has 0 atom stereocenters. The van der Waals surface area contributed by atoms with Gasteiger partial charge in [0, 0.05) is 0 Å². The van der Waals surface area contributed by atoms with Crippen LogP contribution in [0, 0.1) is 22.7 Å². The van der Waals surface area contributed by atoms with Crippen molar-refractivity contribution in [1.82, 2.24) is 0 Å². The van der Waals surface area contributed by atoms with Crippen LogP contribution in [-0.4, -0.2) is 7.11 Å². The summed E-state index contributed by atoms with van der Waals surface area (Å²) in [6, 6.07) is 5.10. The van der Waals surface area contributed by atoms with Crippen LogP contribution in [0.3, 0.4) is 0 Å². The molecule has 1 aromatic rings. The van der Waals surface area contributed by atoms with Gasteiger partial charge in [-0.3, -0.25) is 0 Å². The van der Waals surface area contributed by atoms with Crippen molar-refractivity contribution in [2.45, 2.75) is 0 Å². The molecule has 0 bridgehead atoms. The van der Waals surface area contributed by atoms with Crippen LogP contribution in [0.4, 0.5) is 0 Å². The van der Waals surface area contributed by atoms with Crippen LogP contribution in [0.15, 0.2) is 28.6 Å². The molecule has 0 amide bonds. The van der Waals surface area contributed by atoms with Gasteiger partial charge in [0.2, 0.25) is 0 Å². The molecular weight excluding hydrogens is 168 g/mol. The van der Waals surface area contributed by atoms with Gasteiger partial charge in [-0.15, -0.1) is 0 Å². The Kier molecular flexibility index (Phi) is 2.73. The van der Waals surface area contributed by atoms with E-state index in [1.807, 2.05) is 0 Å². The Morgan fingerprint density at radius 2 is 2.15 bits per heavy atom. The quantitative estimate of drug-likeness (QED) is 0.505. The number of hydrogen-bond donors (Lipinski definition) is 0. The molecule has 0 aliphatic carbocycles. The van der Waals surface area contributed by atoms with E-state index < -0.39 is 0 Å². The average molecular weight is 174 g/mol. The van der Waals surface area contributed by atoms with Gasteiger partial charge in [0.25, 0.3) is 0 Å². The molecule has 0 fully saturated rings. The van der Waals surface area contributed by atoms with E-state index >= 15 is 0 Å². The molecule has 0 aliphatic heterocycles. The summed E-state index contributed by atoms with van der Waals surface area (Å²) < 4.78 is 9.72. The second-order valence-electron chi connectivity index (χ2n) is 2.14. The molecule has 4 heteroatoms. The molecular formula is C9H6N2O2. The lowest BCUT2D eigenvalue weighted by Crippen LogP contribution is -1.89. The Balaban J connectivity index is 3.21. The van der Waals surface area contributed by atoms with Crippen LogP contribution >= 0.6 is 0 Å². The van der Waals surface area contributed by atoms with Crippen molar-refractivity contribution in [2.75, 3.05) is 7.11 Å². The third-order valence-electron chi connectivity index (χ3n) is 1.44. The number of ether oxygens (including phenoxy) is 1. The minimum Gasteiger partial charge on any atom is -0.494 e. The van der Waals surface area contributed by atoms with Crippen molar-refractivity contribution >= 4 is 5.76 Å². The zero-order valence-electron chi connectivity index (χ0n) is 6.94. The summed E-state index contributed by atoms with van der Waals surface area (Å²) >= 11 is 0. The third kappa shape index (κ3) is 1.69. The largest absolute Gasteiger partial charge is 0.494 e. The molecule has 0 saturated carbocycles. The van der Waals surface area contributed by atoms with Gasteiger partial charge < -0.3 is 9.15 Å². The van der Waals surface area contributed by atoms with Gasteiger partial charge in [0.1, 0.15) is 18.4 Å². The zero-order chi connectivity index (χ0) is 9.68. The Labute approximate surface area is 75.3 Å². The van der Waals surface area contributed by atoms with E-state index in [4.69, 9.17) is 19.7 Å². The molecule has 0 unspecified atom stereocenters. The van der Waals surface area contributed by atoms with Gasteiger partial charge >= 0.3 is 0 Å². The molecule has 0 aliphatic rings. The van der Waals surface area contributed by atoms with Gasteiger partial charge in [0.15, 0.2) is 11.3 Å². The van der Waals surface area contributed by atoms with Crippen LogP contribution in [0.5, 0.6) is 0 Å². The fourth-order valence-corrected chi connectivity index (χ4v) is 0.884. The van der Waals surface area contributed by atoms with Gasteiger partial charge in [0.05, 0.1) is 18.9 Å². The summed E-state index contributed by atoms with van der Waals surface area (Å²) in [5.41, 5.74) is 0.518.